The summed E-state index contributed by atoms with van der Waals surface area (Å²) in [6.07, 6.45) is 5.24. The molecule has 1 saturated heterocycles. The number of carbonyl (C=O) groups excluding carboxylic acids is 2. The molecule has 0 radical (unpaired) electrons. The van der Waals surface area contributed by atoms with E-state index < -0.39 is 0 Å². The summed E-state index contributed by atoms with van der Waals surface area (Å²) in [6, 6.07) is 3.78. The highest BCUT2D eigenvalue weighted by molar-refractivity contribution is 5.93. The minimum atomic E-state index is -0.0469. The number of nitrogens with one attached hydrogen (secondary N) is 1. The molecule has 0 spiro atoms. The van der Waals surface area contributed by atoms with E-state index in [-0.39, 0.29) is 30.3 Å². The molecular weight excluding hydrogens is 304 g/mol. The number of piperidine rings is 1. The van der Waals surface area contributed by atoms with E-state index in [2.05, 4.69) is 5.32 Å². The molecule has 3 N–H and O–H groups in total. The summed E-state index contributed by atoms with van der Waals surface area (Å²) < 4.78 is 1.83. The van der Waals surface area contributed by atoms with Gasteiger partial charge in [-0.05, 0) is 31.4 Å². The van der Waals surface area contributed by atoms with Gasteiger partial charge in [-0.15, -0.1) is 12.4 Å². The normalized spacial score (nSPS) is 17.7. The van der Waals surface area contributed by atoms with E-state index in [4.69, 9.17) is 5.73 Å². The topological polar surface area (TPSA) is 80.4 Å². The van der Waals surface area contributed by atoms with Crippen molar-refractivity contribution >= 4 is 24.2 Å². The molecule has 1 fully saturated rings. The van der Waals surface area contributed by atoms with Crippen molar-refractivity contribution in [2.75, 3.05) is 19.6 Å². The monoisotopic (exact) mass is 328 g/mol. The number of aryl methyl sites for hydroxylation is 1. The van der Waals surface area contributed by atoms with E-state index in [1.807, 2.05) is 34.8 Å². The van der Waals surface area contributed by atoms with E-state index in [9.17, 15) is 9.59 Å². The van der Waals surface area contributed by atoms with Crippen LogP contribution in [0.15, 0.2) is 18.3 Å². The Hall–Kier alpha value is -1.53. The Bertz CT molecular complexity index is 503. The van der Waals surface area contributed by atoms with Gasteiger partial charge >= 0.3 is 0 Å². The second kappa shape index (κ2) is 8.80. The quantitative estimate of drug-likeness (QED) is 0.843. The van der Waals surface area contributed by atoms with Crippen molar-refractivity contribution in [2.24, 2.45) is 12.8 Å². The molecule has 1 aliphatic rings. The number of carbonyl (C=O) groups is 2. The second-order valence-corrected chi connectivity index (χ2v) is 5.50. The Morgan fingerprint density at radius 2 is 2.18 bits per heavy atom. The fraction of sp³-hybridized carbons (Fsp3) is 0.600. The predicted octanol–water partition coefficient (Wildman–Crippen LogP) is 0.907. The summed E-state index contributed by atoms with van der Waals surface area (Å²) in [5.41, 5.74) is 6.06. The zero-order valence-electron chi connectivity index (χ0n) is 13.0. The van der Waals surface area contributed by atoms with Crippen LogP contribution in [0, 0.1) is 0 Å². The third-order valence-corrected chi connectivity index (χ3v) is 3.96. The molecule has 0 saturated carbocycles. The van der Waals surface area contributed by atoms with E-state index in [0.717, 1.165) is 25.8 Å². The van der Waals surface area contributed by atoms with Gasteiger partial charge in [-0.1, -0.05) is 0 Å². The Morgan fingerprint density at radius 3 is 2.82 bits per heavy atom. The van der Waals surface area contributed by atoms with Crippen molar-refractivity contribution < 1.29 is 9.59 Å². The van der Waals surface area contributed by atoms with Gasteiger partial charge in [-0.3, -0.25) is 9.59 Å². The number of likely N-dealkylation sites (tertiary alicyclic amines) is 1. The van der Waals surface area contributed by atoms with Crippen LogP contribution in [-0.2, 0) is 11.8 Å². The smallest absolute Gasteiger partial charge is 0.270 e. The lowest BCUT2D eigenvalue weighted by atomic mass is 10.0. The van der Waals surface area contributed by atoms with Crippen LogP contribution in [0.25, 0.3) is 0 Å². The number of amides is 2. The first-order valence-corrected chi connectivity index (χ1v) is 7.52. The molecule has 1 aromatic heterocycles. The number of halogens is 1. The Labute approximate surface area is 137 Å². The van der Waals surface area contributed by atoms with Crippen molar-refractivity contribution in [2.45, 2.75) is 31.7 Å². The molecule has 22 heavy (non-hydrogen) atoms. The van der Waals surface area contributed by atoms with Crippen LogP contribution in [0.3, 0.4) is 0 Å². The highest BCUT2D eigenvalue weighted by Crippen LogP contribution is 2.19. The van der Waals surface area contributed by atoms with Crippen molar-refractivity contribution in [3.8, 4) is 0 Å². The Morgan fingerprint density at radius 1 is 1.41 bits per heavy atom. The van der Waals surface area contributed by atoms with Gasteiger partial charge in [-0.2, -0.15) is 0 Å². The third kappa shape index (κ3) is 4.48. The molecule has 0 aromatic carbocycles. The zero-order chi connectivity index (χ0) is 15.2. The van der Waals surface area contributed by atoms with Gasteiger partial charge in [0.05, 0.1) is 0 Å². The minimum absolute atomic E-state index is 0. The number of nitrogens with zero attached hydrogens (tertiary/aromatic N) is 2. The lowest BCUT2D eigenvalue weighted by molar-refractivity contribution is -0.121. The molecule has 2 amide bonds. The van der Waals surface area contributed by atoms with Crippen LogP contribution < -0.4 is 11.1 Å². The van der Waals surface area contributed by atoms with Crippen LogP contribution >= 0.6 is 12.4 Å². The van der Waals surface area contributed by atoms with Gasteiger partial charge in [0.2, 0.25) is 5.91 Å². The van der Waals surface area contributed by atoms with E-state index in [0.29, 0.717) is 25.2 Å². The molecule has 1 atom stereocenters. The lowest BCUT2D eigenvalue weighted by Crippen LogP contribution is -2.49. The molecule has 0 bridgehead atoms. The van der Waals surface area contributed by atoms with Gasteiger partial charge in [0, 0.05) is 45.3 Å². The summed E-state index contributed by atoms with van der Waals surface area (Å²) in [5, 5.41) is 2.88. The number of nitrogens with two attached hydrogens (primary N) is 1. The maximum absolute atomic E-state index is 12.6. The predicted molar refractivity (Wildman–Crippen MR) is 88.0 cm³/mol. The third-order valence-electron chi connectivity index (χ3n) is 3.96. The lowest BCUT2D eigenvalue weighted by Gasteiger charge is -2.36. The number of hydrogen-bond donors (Lipinski definition) is 2. The van der Waals surface area contributed by atoms with Crippen molar-refractivity contribution in [1.82, 2.24) is 14.8 Å². The van der Waals surface area contributed by atoms with Crippen molar-refractivity contribution in [3.63, 3.8) is 0 Å². The molecule has 1 aromatic rings. The van der Waals surface area contributed by atoms with Crippen LogP contribution in [0.1, 0.15) is 36.2 Å². The van der Waals surface area contributed by atoms with Gasteiger partial charge < -0.3 is 20.5 Å². The van der Waals surface area contributed by atoms with Gasteiger partial charge in [0.25, 0.3) is 5.91 Å². The molecular formula is C15H25ClN4O2. The fourth-order valence-electron chi connectivity index (χ4n) is 2.76. The second-order valence-electron chi connectivity index (χ2n) is 5.50. The average molecular weight is 329 g/mol. The number of rotatable bonds is 5. The average Bonchev–Trinajstić information content (AvgIpc) is 2.91. The Kier molecular flexibility index (Phi) is 7.41. The van der Waals surface area contributed by atoms with Crippen LogP contribution in [0.2, 0.25) is 0 Å². The largest absolute Gasteiger partial charge is 0.354 e. The molecule has 1 unspecified atom stereocenters. The fourth-order valence-corrected chi connectivity index (χ4v) is 2.76. The molecule has 1 aliphatic heterocycles. The van der Waals surface area contributed by atoms with Crippen LogP contribution in [-0.4, -0.2) is 47.0 Å². The number of hydrogen-bond acceptors (Lipinski definition) is 3. The molecule has 2 rings (SSSR count). The first-order valence-electron chi connectivity index (χ1n) is 7.52. The highest BCUT2D eigenvalue weighted by Gasteiger charge is 2.28. The number of aromatic nitrogens is 1. The van der Waals surface area contributed by atoms with E-state index in [1.165, 1.54) is 0 Å². The van der Waals surface area contributed by atoms with Crippen molar-refractivity contribution in [3.05, 3.63) is 24.0 Å². The summed E-state index contributed by atoms with van der Waals surface area (Å²) in [4.78, 5) is 26.1. The van der Waals surface area contributed by atoms with Gasteiger partial charge in [0.1, 0.15) is 5.69 Å². The van der Waals surface area contributed by atoms with E-state index >= 15 is 0 Å². The summed E-state index contributed by atoms with van der Waals surface area (Å²) >= 11 is 0. The Balaban J connectivity index is 0.00000242. The zero-order valence-corrected chi connectivity index (χ0v) is 13.8. The SMILES string of the molecule is Cl.Cn1cccc1C(=O)N1CCCCC1CNC(=O)CCN. The summed E-state index contributed by atoms with van der Waals surface area (Å²) in [7, 11) is 1.87. The minimum Gasteiger partial charge on any atom is -0.354 e. The van der Waals surface area contributed by atoms with E-state index in [1.54, 1.807) is 0 Å². The molecule has 0 aliphatic carbocycles. The molecule has 2 heterocycles. The molecule has 6 nitrogen and oxygen atoms in total. The van der Waals surface area contributed by atoms with Gasteiger partial charge in [0.15, 0.2) is 0 Å². The van der Waals surface area contributed by atoms with Crippen molar-refractivity contribution in [1.29, 1.82) is 0 Å². The highest BCUT2D eigenvalue weighted by atomic mass is 35.5. The first-order chi connectivity index (χ1) is 10.1. The van der Waals surface area contributed by atoms with Crippen LogP contribution in [0.4, 0.5) is 0 Å². The maximum atomic E-state index is 12.6. The standard InChI is InChI=1S/C15H24N4O2.ClH/c1-18-9-4-6-13(18)15(21)19-10-3-2-5-12(19)11-17-14(20)7-8-16;/h4,6,9,12H,2-3,5,7-8,10-11,16H2,1H3,(H,17,20);1H. The van der Waals surface area contributed by atoms with Crippen LogP contribution in [0.5, 0.6) is 0 Å². The molecule has 7 heteroatoms. The molecule has 124 valence electrons. The van der Waals surface area contributed by atoms with Gasteiger partial charge in [-0.25, -0.2) is 0 Å². The summed E-state index contributed by atoms with van der Waals surface area (Å²) in [6.45, 7) is 1.61. The first kappa shape index (κ1) is 18.5. The summed E-state index contributed by atoms with van der Waals surface area (Å²) in [5.74, 6) is -0.00499. The maximum Gasteiger partial charge on any atom is 0.270 e.